The Kier molecular flexibility index (Phi) is 7.70. The SMILES string of the molecule is COc1cc([C@H]2Oc3c(O)cc(CCCO)cc3[C@H]2CO)ccc1O[C@@H]1O[C@@H](C)[C@H](O)[C@@H](O)[C@H]1O. The van der Waals surface area contributed by atoms with E-state index in [0.717, 1.165) is 5.56 Å². The van der Waals surface area contributed by atoms with Gasteiger partial charge in [0.05, 0.1) is 25.7 Å². The number of rotatable bonds is 8. The molecule has 6 N–H and O–H groups in total. The van der Waals surface area contributed by atoms with Crippen molar-refractivity contribution in [3.05, 3.63) is 47.0 Å². The highest BCUT2D eigenvalue weighted by Crippen LogP contribution is 2.51. The van der Waals surface area contributed by atoms with E-state index in [0.29, 0.717) is 35.5 Å². The van der Waals surface area contributed by atoms with Crippen molar-refractivity contribution in [1.82, 2.24) is 0 Å². The zero-order valence-corrected chi connectivity index (χ0v) is 19.6. The van der Waals surface area contributed by atoms with E-state index in [1.807, 2.05) is 6.07 Å². The maximum Gasteiger partial charge on any atom is 0.229 e. The molecule has 0 bridgehead atoms. The molecule has 10 nitrogen and oxygen atoms in total. The predicted molar refractivity (Wildman–Crippen MR) is 123 cm³/mol. The van der Waals surface area contributed by atoms with Gasteiger partial charge in [-0.2, -0.15) is 0 Å². The summed E-state index contributed by atoms with van der Waals surface area (Å²) >= 11 is 0. The minimum absolute atomic E-state index is 0.0263. The van der Waals surface area contributed by atoms with Gasteiger partial charge in [-0.3, -0.25) is 0 Å². The molecule has 2 aromatic rings. The van der Waals surface area contributed by atoms with Gasteiger partial charge in [-0.05, 0) is 49.1 Å². The Labute approximate surface area is 202 Å². The molecule has 0 unspecified atom stereocenters. The number of aliphatic hydroxyl groups excluding tert-OH is 5. The Balaban J connectivity index is 1.58. The normalized spacial score (nSPS) is 30.0. The Morgan fingerprint density at radius 2 is 1.74 bits per heavy atom. The van der Waals surface area contributed by atoms with Crippen LogP contribution in [0.4, 0.5) is 0 Å². The molecule has 192 valence electrons. The van der Waals surface area contributed by atoms with Crippen LogP contribution in [0.15, 0.2) is 30.3 Å². The second kappa shape index (κ2) is 10.6. The van der Waals surface area contributed by atoms with Gasteiger partial charge >= 0.3 is 0 Å². The highest BCUT2D eigenvalue weighted by molar-refractivity contribution is 5.55. The van der Waals surface area contributed by atoms with Gasteiger partial charge < -0.3 is 49.6 Å². The summed E-state index contributed by atoms with van der Waals surface area (Å²) in [6.45, 7) is 1.38. The van der Waals surface area contributed by atoms with Crippen LogP contribution < -0.4 is 14.2 Å². The van der Waals surface area contributed by atoms with Gasteiger partial charge in [0, 0.05) is 12.2 Å². The third-order valence-electron chi connectivity index (χ3n) is 6.56. The molecular formula is C25H32O10. The molecule has 0 aromatic heterocycles. The summed E-state index contributed by atoms with van der Waals surface area (Å²) in [4.78, 5) is 0. The largest absolute Gasteiger partial charge is 0.504 e. The van der Waals surface area contributed by atoms with Crippen molar-refractivity contribution >= 4 is 0 Å². The average molecular weight is 493 g/mol. The number of benzene rings is 2. The maximum atomic E-state index is 10.5. The summed E-state index contributed by atoms with van der Waals surface area (Å²) in [6.07, 6.45) is -5.60. The molecule has 4 rings (SSSR count). The third kappa shape index (κ3) is 4.90. The van der Waals surface area contributed by atoms with Crippen molar-refractivity contribution < 1.29 is 49.6 Å². The fourth-order valence-electron chi connectivity index (χ4n) is 4.59. The molecule has 0 spiro atoms. The first-order valence-corrected chi connectivity index (χ1v) is 11.6. The van der Waals surface area contributed by atoms with Crippen molar-refractivity contribution in [3.63, 3.8) is 0 Å². The zero-order valence-electron chi connectivity index (χ0n) is 19.6. The van der Waals surface area contributed by atoms with Crippen molar-refractivity contribution in [2.75, 3.05) is 20.3 Å². The highest BCUT2D eigenvalue weighted by atomic mass is 16.7. The van der Waals surface area contributed by atoms with Gasteiger partial charge in [-0.1, -0.05) is 12.1 Å². The standard InChI is InChI=1S/C25H32O10/c1-12-20(29)21(30)22(31)25(33-12)34-18-6-5-14(10-19(18)32-2)23-16(11-27)15-8-13(4-3-7-26)9-17(28)24(15)35-23/h5-6,8-10,12,16,20-23,25-31H,3-4,7,11H2,1-2H3/t12-,16+,20-,21+,22+,23+,25-/m0/s1. The Hall–Kier alpha value is -2.60. The lowest BCUT2D eigenvalue weighted by Gasteiger charge is -2.39. The first-order chi connectivity index (χ1) is 16.8. The first-order valence-electron chi connectivity index (χ1n) is 11.6. The lowest BCUT2D eigenvalue weighted by atomic mass is 9.90. The molecule has 0 radical (unpaired) electrons. The van der Waals surface area contributed by atoms with Crippen LogP contribution in [0.1, 0.15) is 42.1 Å². The second-order valence-electron chi connectivity index (χ2n) is 8.90. The number of phenolic OH excluding ortho intramolecular Hbond substituents is 1. The third-order valence-corrected chi connectivity index (χ3v) is 6.56. The first kappa shape index (κ1) is 25.5. The summed E-state index contributed by atoms with van der Waals surface area (Å²) < 4.78 is 22.8. The van der Waals surface area contributed by atoms with Gasteiger partial charge in [-0.15, -0.1) is 0 Å². The molecule has 2 heterocycles. The number of hydrogen-bond donors (Lipinski definition) is 6. The van der Waals surface area contributed by atoms with E-state index in [-0.39, 0.29) is 24.7 Å². The average Bonchev–Trinajstić information content (AvgIpc) is 3.24. The van der Waals surface area contributed by atoms with E-state index in [4.69, 9.17) is 24.1 Å². The van der Waals surface area contributed by atoms with Gasteiger partial charge in [-0.25, -0.2) is 0 Å². The number of aliphatic hydroxyl groups is 5. The van der Waals surface area contributed by atoms with E-state index >= 15 is 0 Å². The van der Waals surface area contributed by atoms with Crippen molar-refractivity contribution in [2.24, 2.45) is 0 Å². The van der Waals surface area contributed by atoms with Crippen LogP contribution in [0.5, 0.6) is 23.0 Å². The Morgan fingerprint density at radius 3 is 2.43 bits per heavy atom. The summed E-state index contributed by atoms with van der Waals surface area (Å²) in [6, 6.07) is 8.46. The number of ether oxygens (including phenoxy) is 4. The minimum Gasteiger partial charge on any atom is -0.504 e. The van der Waals surface area contributed by atoms with Gasteiger partial charge in [0.25, 0.3) is 0 Å². The zero-order chi connectivity index (χ0) is 25.3. The molecule has 0 aliphatic carbocycles. The lowest BCUT2D eigenvalue weighted by molar-refractivity contribution is -0.268. The van der Waals surface area contributed by atoms with Crippen LogP contribution in [-0.4, -0.2) is 81.7 Å². The van der Waals surface area contributed by atoms with Crippen LogP contribution >= 0.6 is 0 Å². The lowest BCUT2D eigenvalue weighted by Crippen LogP contribution is -2.58. The molecule has 0 amide bonds. The summed E-state index contributed by atoms with van der Waals surface area (Å²) in [5.74, 6) is 0.377. The van der Waals surface area contributed by atoms with E-state index in [2.05, 4.69) is 0 Å². The van der Waals surface area contributed by atoms with E-state index in [1.165, 1.54) is 7.11 Å². The Morgan fingerprint density at radius 1 is 0.971 bits per heavy atom. The highest BCUT2D eigenvalue weighted by Gasteiger charge is 2.43. The fraction of sp³-hybridized carbons (Fsp3) is 0.520. The van der Waals surface area contributed by atoms with Crippen molar-refractivity contribution in [2.45, 2.75) is 62.5 Å². The molecule has 35 heavy (non-hydrogen) atoms. The number of fused-ring (bicyclic) bond motifs is 1. The van der Waals surface area contributed by atoms with Gasteiger partial charge in [0.15, 0.2) is 23.0 Å². The number of aromatic hydroxyl groups is 1. The van der Waals surface area contributed by atoms with Crippen LogP contribution in [0.3, 0.4) is 0 Å². The quantitative estimate of drug-likeness (QED) is 0.310. The molecule has 2 aromatic carbocycles. The van der Waals surface area contributed by atoms with Crippen LogP contribution in [0.2, 0.25) is 0 Å². The van der Waals surface area contributed by atoms with E-state index in [1.54, 1.807) is 31.2 Å². The molecule has 10 heteroatoms. The second-order valence-corrected chi connectivity index (χ2v) is 8.90. The smallest absolute Gasteiger partial charge is 0.229 e. The number of aryl methyl sites for hydroxylation is 1. The number of hydrogen-bond acceptors (Lipinski definition) is 10. The van der Waals surface area contributed by atoms with E-state index in [9.17, 15) is 25.5 Å². The molecular weight excluding hydrogens is 460 g/mol. The summed E-state index contributed by atoms with van der Waals surface area (Å²) in [5.41, 5.74) is 2.19. The fourth-order valence-corrected chi connectivity index (χ4v) is 4.59. The molecule has 1 fully saturated rings. The molecule has 2 aliphatic rings. The van der Waals surface area contributed by atoms with Crippen molar-refractivity contribution in [1.29, 1.82) is 0 Å². The number of phenols is 1. The monoisotopic (exact) mass is 492 g/mol. The number of methoxy groups -OCH3 is 1. The van der Waals surface area contributed by atoms with Crippen molar-refractivity contribution in [3.8, 4) is 23.0 Å². The van der Waals surface area contributed by atoms with E-state index < -0.39 is 42.7 Å². The maximum absolute atomic E-state index is 10.5. The molecule has 0 saturated carbocycles. The van der Waals surface area contributed by atoms with Crippen LogP contribution in [0, 0.1) is 0 Å². The summed E-state index contributed by atoms with van der Waals surface area (Å²) in [5, 5.41) is 60.0. The predicted octanol–water partition coefficient (Wildman–Crippen LogP) is 0.742. The van der Waals surface area contributed by atoms with Gasteiger partial charge in [0.2, 0.25) is 6.29 Å². The van der Waals surface area contributed by atoms with Crippen LogP contribution in [0.25, 0.3) is 0 Å². The Bertz CT molecular complexity index is 1030. The molecule has 2 aliphatic heterocycles. The van der Waals surface area contributed by atoms with Crippen LogP contribution in [-0.2, 0) is 11.2 Å². The molecule has 7 atom stereocenters. The molecule has 1 saturated heterocycles. The minimum atomic E-state index is -1.47. The van der Waals surface area contributed by atoms with Gasteiger partial charge in [0.1, 0.15) is 24.4 Å². The summed E-state index contributed by atoms with van der Waals surface area (Å²) in [7, 11) is 1.44. The topological polar surface area (TPSA) is 158 Å².